The molecule has 0 radical (unpaired) electrons. The summed E-state index contributed by atoms with van der Waals surface area (Å²) in [6.45, 7) is 27.9. The minimum Gasteiger partial charge on any atom is -0.399 e. The van der Waals surface area contributed by atoms with E-state index in [9.17, 15) is 0 Å². The van der Waals surface area contributed by atoms with Gasteiger partial charge in [-0.3, -0.25) is 0 Å². The van der Waals surface area contributed by atoms with E-state index < -0.39 is 0 Å². The monoisotopic (exact) mass is 617 g/mol. The molecule has 0 aliphatic heterocycles. The zero-order valence-electron chi connectivity index (χ0n) is 31.1. The van der Waals surface area contributed by atoms with Gasteiger partial charge in [-0.25, -0.2) is 0 Å². The fraction of sp³-hybridized carbons (Fsp3) is 0.535. The lowest BCUT2D eigenvalue weighted by atomic mass is 9.92. The normalized spacial score (nSPS) is 11.6. The van der Waals surface area contributed by atoms with Gasteiger partial charge in [-0.15, -0.1) is 0 Å². The van der Waals surface area contributed by atoms with Crippen LogP contribution in [0.4, 0.5) is 0 Å². The standard InChI is InChI=1S/C26H36.C9H15N.C6H15N.C2H6/c1-5-7-13-22(4)25-19-18-24(12-6-2)26(20-25)17-11-10-16-23-15-9-8-14-21(23)3;1-4-7-8(5-2)9(10)6-3;1-3-4-6(2)5-7;1-2/h8-9,14-15,18-20H,4-7,10-13,16-17H2,1-3H3;4,6-7H,3,5,10H2,1-2H3;6H,3-5,7H2,1-2H3;1-2H3/b;7-4-,9-8+;;. The molecule has 0 amide bonds. The number of unbranched alkanes of at least 4 members (excludes halogenated alkanes) is 2. The van der Waals surface area contributed by atoms with E-state index in [1.807, 2.05) is 32.9 Å². The van der Waals surface area contributed by atoms with Gasteiger partial charge >= 0.3 is 0 Å². The number of benzene rings is 2. The van der Waals surface area contributed by atoms with Crippen molar-refractivity contribution in [2.24, 2.45) is 17.4 Å². The molecule has 2 rings (SSSR count). The van der Waals surface area contributed by atoms with E-state index in [0.29, 0.717) is 0 Å². The molecule has 1 atom stereocenters. The van der Waals surface area contributed by atoms with Crippen LogP contribution in [-0.4, -0.2) is 6.54 Å². The Balaban J connectivity index is 0. The predicted molar refractivity (Wildman–Crippen MR) is 208 cm³/mol. The van der Waals surface area contributed by atoms with Gasteiger partial charge in [-0.2, -0.15) is 0 Å². The van der Waals surface area contributed by atoms with Crippen LogP contribution >= 0.6 is 0 Å². The first-order chi connectivity index (χ1) is 21.7. The Labute approximate surface area is 281 Å². The van der Waals surface area contributed by atoms with E-state index in [0.717, 1.165) is 36.6 Å². The molecule has 0 aliphatic rings. The Morgan fingerprint density at radius 3 is 1.98 bits per heavy atom. The minimum atomic E-state index is 0.727. The zero-order chi connectivity index (χ0) is 34.5. The van der Waals surface area contributed by atoms with Crippen LogP contribution in [0.1, 0.15) is 141 Å². The molecule has 0 bridgehead atoms. The first-order valence-corrected chi connectivity index (χ1v) is 18.0. The van der Waals surface area contributed by atoms with Gasteiger partial charge in [0.2, 0.25) is 0 Å². The fourth-order valence-corrected chi connectivity index (χ4v) is 5.01. The van der Waals surface area contributed by atoms with E-state index >= 15 is 0 Å². The predicted octanol–water partition coefficient (Wildman–Crippen LogP) is 12.5. The second kappa shape index (κ2) is 29.8. The van der Waals surface area contributed by atoms with Crippen LogP contribution in [0, 0.1) is 12.8 Å². The summed E-state index contributed by atoms with van der Waals surface area (Å²) in [6, 6.07) is 15.9. The van der Waals surface area contributed by atoms with Crippen molar-refractivity contribution >= 4 is 5.57 Å². The van der Waals surface area contributed by atoms with E-state index in [2.05, 4.69) is 97.2 Å². The lowest BCUT2D eigenvalue weighted by molar-refractivity contribution is 0.536. The average molecular weight is 617 g/mol. The third kappa shape index (κ3) is 20.7. The van der Waals surface area contributed by atoms with Gasteiger partial charge in [0.25, 0.3) is 0 Å². The maximum absolute atomic E-state index is 5.62. The first kappa shape index (κ1) is 44.3. The van der Waals surface area contributed by atoms with Gasteiger partial charge in [0.15, 0.2) is 0 Å². The summed E-state index contributed by atoms with van der Waals surface area (Å²) in [5, 5.41) is 0. The van der Waals surface area contributed by atoms with Gasteiger partial charge < -0.3 is 11.5 Å². The van der Waals surface area contributed by atoms with Gasteiger partial charge in [-0.1, -0.05) is 136 Å². The van der Waals surface area contributed by atoms with Gasteiger partial charge in [-0.05, 0) is 129 Å². The van der Waals surface area contributed by atoms with Gasteiger partial charge in [0, 0.05) is 5.70 Å². The third-order valence-electron chi connectivity index (χ3n) is 7.89. The molecule has 4 N–H and O–H groups in total. The van der Waals surface area contributed by atoms with Crippen LogP contribution in [0.5, 0.6) is 0 Å². The molecule has 254 valence electrons. The minimum absolute atomic E-state index is 0.727. The number of hydrogen-bond donors (Lipinski definition) is 2. The molecule has 0 saturated carbocycles. The SMILES string of the molecule is C=C(CCCC)c1ccc(CCC)c(CCCCc2ccccc2C)c1.C=C/C(N)=C(\C=C/C)CC.CC.CCCC(C)CN. The molecular weight excluding hydrogens is 544 g/mol. The highest BCUT2D eigenvalue weighted by Crippen LogP contribution is 2.24. The first-order valence-electron chi connectivity index (χ1n) is 18.0. The number of hydrogen-bond acceptors (Lipinski definition) is 2. The number of rotatable bonds is 17. The summed E-state index contributed by atoms with van der Waals surface area (Å²) in [5.74, 6) is 0.727. The second-order valence-electron chi connectivity index (χ2n) is 11.7. The van der Waals surface area contributed by atoms with Crippen LogP contribution in [0.15, 0.2) is 85.1 Å². The molecule has 0 fully saturated rings. The second-order valence-corrected chi connectivity index (χ2v) is 11.7. The van der Waals surface area contributed by atoms with E-state index in [1.54, 1.807) is 11.6 Å². The quantitative estimate of drug-likeness (QED) is 0.137. The number of allylic oxidation sites excluding steroid dienone is 5. The van der Waals surface area contributed by atoms with Crippen LogP contribution < -0.4 is 11.5 Å². The molecule has 0 saturated heterocycles. The molecule has 1 unspecified atom stereocenters. The molecular formula is C43H72N2. The maximum atomic E-state index is 5.62. The van der Waals surface area contributed by atoms with Crippen molar-refractivity contribution in [3.63, 3.8) is 0 Å². The van der Waals surface area contributed by atoms with Crippen LogP contribution in [0.3, 0.4) is 0 Å². The molecule has 45 heavy (non-hydrogen) atoms. The lowest BCUT2D eigenvalue weighted by Gasteiger charge is -2.13. The highest BCUT2D eigenvalue weighted by Gasteiger charge is 2.07. The van der Waals surface area contributed by atoms with Crippen molar-refractivity contribution in [1.82, 2.24) is 0 Å². The molecule has 2 aromatic carbocycles. The topological polar surface area (TPSA) is 52.0 Å². The smallest absolute Gasteiger partial charge is 0.0340 e. The van der Waals surface area contributed by atoms with Crippen molar-refractivity contribution in [1.29, 1.82) is 0 Å². The summed E-state index contributed by atoms with van der Waals surface area (Å²) in [7, 11) is 0. The van der Waals surface area contributed by atoms with Crippen LogP contribution in [0.25, 0.3) is 5.57 Å². The summed E-state index contributed by atoms with van der Waals surface area (Å²) in [6.07, 6.45) is 20.1. The van der Waals surface area contributed by atoms with E-state index in [4.69, 9.17) is 11.5 Å². The van der Waals surface area contributed by atoms with Crippen molar-refractivity contribution in [3.8, 4) is 0 Å². The molecule has 2 heteroatoms. The molecule has 0 aliphatic carbocycles. The maximum Gasteiger partial charge on any atom is 0.0340 e. The molecule has 2 nitrogen and oxygen atoms in total. The third-order valence-corrected chi connectivity index (χ3v) is 7.89. The van der Waals surface area contributed by atoms with Crippen LogP contribution in [0.2, 0.25) is 0 Å². The van der Waals surface area contributed by atoms with Gasteiger partial charge in [0.1, 0.15) is 0 Å². The van der Waals surface area contributed by atoms with E-state index in [-0.39, 0.29) is 0 Å². The molecule has 0 aromatic heterocycles. The molecule has 2 aromatic rings. The number of aryl methyl sites for hydroxylation is 4. The molecule has 0 spiro atoms. The highest BCUT2D eigenvalue weighted by molar-refractivity contribution is 5.64. The van der Waals surface area contributed by atoms with Crippen molar-refractivity contribution < 1.29 is 0 Å². The summed E-state index contributed by atoms with van der Waals surface area (Å²) >= 11 is 0. The van der Waals surface area contributed by atoms with E-state index in [1.165, 1.54) is 92.0 Å². The van der Waals surface area contributed by atoms with Crippen molar-refractivity contribution in [3.05, 3.63) is 113 Å². The number of nitrogens with two attached hydrogens (primary N) is 2. The van der Waals surface area contributed by atoms with Crippen molar-refractivity contribution in [2.45, 2.75) is 139 Å². The van der Waals surface area contributed by atoms with Crippen LogP contribution in [-0.2, 0) is 19.3 Å². The fourth-order valence-electron chi connectivity index (χ4n) is 5.01. The Hall–Kier alpha value is -2.84. The summed E-state index contributed by atoms with van der Waals surface area (Å²) < 4.78 is 0. The zero-order valence-corrected chi connectivity index (χ0v) is 31.1. The molecule has 0 heterocycles. The lowest BCUT2D eigenvalue weighted by Crippen LogP contribution is -2.09. The van der Waals surface area contributed by atoms with Gasteiger partial charge in [0.05, 0.1) is 0 Å². The Morgan fingerprint density at radius 1 is 0.844 bits per heavy atom. The van der Waals surface area contributed by atoms with Crippen molar-refractivity contribution in [2.75, 3.05) is 6.54 Å². The largest absolute Gasteiger partial charge is 0.399 e. The highest BCUT2D eigenvalue weighted by atomic mass is 14.6. The Bertz CT molecular complexity index is 1090. The Kier molecular flexibility index (Phi) is 29.4. The average Bonchev–Trinajstić information content (AvgIpc) is 3.07. The summed E-state index contributed by atoms with van der Waals surface area (Å²) in [5.41, 5.74) is 21.6. The Morgan fingerprint density at radius 2 is 1.49 bits per heavy atom. The summed E-state index contributed by atoms with van der Waals surface area (Å²) in [4.78, 5) is 0.